The molecule has 4 N–H and O–H groups in total. The molecule has 3 heterocycles. The Hall–Kier alpha value is -4.30. The molecule has 0 radical (unpaired) electrons. The first-order chi connectivity index (χ1) is 25.6. The van der Waals surface area contributed by atoms with Crippen molar-refractivity contribution in [2.24, 2.45) is 5.92 Å². The topological polar surface area (TPSA) is 169 Å². The van der Waals surface area contributed by atoms with E-state index in [2.05, 4.69) is 5.32 Å². The van der Waals surface area contributed by atoms with Crippen LogP contribution in [0.3, 0.4) is 0 Å². The van der Waals surface area contributed by atoms with Gasteiger partial charge in [-0.3, -0.25) is 24.1 Å². The van der Waals surface area contributed by atoms with Crippen molar-refractivity contribution in [2.75, 3.05) is 56.4 Å². The number of anilines is 3. The molecule has 3 amide bonds. The molecule has 1 unspecified atom stereocenters. The maximum absolute atomic E-state index is 14.3. The number of likely N-dealkylation sites (tertiary alicyclic amines) is 1. The van der Waals surface area contributed by atoms with Gasteiger partial charge in [-0.1, -0.05) is 19.1 Å². The fourth-order valence-corrected chi connectivity index (χ4v) is 7.64. The molecular weight excluding hydrogens is 680 g/mol. The average Bonchev–Trinajstić information content (AvgIpc) is 3.73. The summed E-state index contributed by atoms with van der Waals surface area (Å²) in [6.07, 6.45) is 7.92. The lowest BCUT2D eigenvalue weighted by Gasteiger charge is -2.35. The molecule has 13 nitrogen and oxygen atoms in total. The molecule has 13 heteroatoms. The summed E-state index contributed by atoms with van der Waals surface area (Å²) in [5.41, 5.74) is 0.890. The van der Waals surface area contributed by atoms with E-state index < -0.39 is 23.5 Å². The number of rotatable bonds is 18. The quantitative estimate of drug-likeness (QED) is 0.101. The Morgan fingerprint density at radius 3 is 2.60 bits per heavy atom. The van der Waals surface area contributed by atoms with E-state index >= 15 is 0 Å². The van der Waals surface area contributed by atoms with Crippen molar-refractivity contribution in [2.45, 2.75) is 89.3 Å². The summed E-state index contributed by atoms with van der Waals surface area (Å²) in [7, 11) is 1.33. The first-order valence-corrected chi connectivity index (χ1v) is 18.9. The van der Waals surface area contributed by atoms with Crippen LogP contribution in [-0.4, -0.2) is 103 Å². The number of nitrogens with one attached hydrogen (secondary N) is 1. The van der Waals surface area contributed by atoms with Crippen molar-refractivity contribution in [1.29, 1.82) is 0 Å². The number of aliphatic hydroxyl groups excluding tert-OH is 2. The number of benzene rings is 2. The molecule has 2 aromatic rings. The van der Waals surface area contributed by atoms with Crippen molar-refractivity contribution in [1.82, 2.24) is 10.2 Å². The van der Waals surface area contributed by atoms with E-state index in [0.29, 0.717) is 80.2 Å². The van der Waals surface area contributed by atoms with Crippen LogP contribution in [0.5, 0.6) is 5.75 Å². The largest absolute Gasteiger partial charge is 0.494 e. The predicted molar refractivity (Wildman–Crippen MR) is 200 cm³/mol. The van der Waals surface area contributed by atoms with Crippen LogP contribution in [0.1, 0.15) is 76.3 Å². The molecule has 0 aliphatic carbocycles. The molecule has 2 aromatic carbocycles. The molecule has 0 aromatic heterocycles. The summed E-state index contributed by atoms with van der Waals surface area (Å²) in [6, 6.07) is 10.1. The molecule has 3 aliphatic heterocycles. The summed E-state index contributed by atoms with van der Waals surface area (Å²) in [5, 5.41) is 34.8. The number of amides is 3. The van der Waals surface area contributed by atoms with Gasteiger partial charge in [-0.2, -0.15) is 0 Å². The van der Waals surface area contributed by atoms with Gasteiger partial charge in [0.2, 0.25) is 11.8 Å². The van der Waals surface area contributed by atoms with E-state index in [1.54, 1.807) is 47.1 Å². The summed E-state index contributed by atoms with van der Waals surface area (Å²) in [5.74, 6) is -1.25. The molecule has 3 aliphatic rings. The minimum atomic E-state index is -2.02. The Morgan fingerprint density at radius 2 is 1.87 bits per heavy atom. The summed E-state index contributed by atoms with van der Waals surface area (Å²) >= 11 is 0. The fourth-order valence-electron chi connectivity index (χ4n) is 7.64. The van der Waals surface area contributed by atoms with E-state index in [9.17, 15) is 34.5 Å². The van der Waals surface area contributed by atoms with Crippen LogP contribution in [0.15, 0.2) is 48.6 Å². The number of methoxy groups -OCH3 is 1. The second-order valence-electron chi connectivity index (χ2n) is 14.0. The molecule has 1 fully saturated rings. The SMILES string of the molecule is CCOc1ccc2c(c1)CC(NCCCCO)C(=O)N2c1ccc2c(c1)[C@@](O)([C@H](C)/C=C/CC(=O)N1CCC[C@H]1CO)C(=O)N2CCCCC(=O)OC. The Bertz CT molecular complexity index is 1660. The Balaban J connectivity index is 1.49. The van der Waals surface area contributed by atoms with Gasteiger partial charge in [0.1, 0.15) is 5.75 Å². The average molecular weight is 735 g/mol. The lowest BCUT2D eigenvalue weighted by atomic mass is 9.82. The van der Waals surface area contributed by atoms with Gasteiger partial charge in [0.05, 0.1) is 43.8 Å². The zero-order valence-electron chi connectivity index (χ0n) is 31.1. The number of aliphatic hydroxyl groups is 3. The number of nitrogens with zero attached hydrogens (tertiary/aromatic N) is 3. The molecular formula is C40H54N4O9. The van der Waals surface area contributed by atoms with Gasteiger partial charge in [0.15, 0.2) is 5.60 Å². The Labute approximate surface area is 311 Å². The normalized spacial score (nSPS) is 21.7. The first kappa shape index (κ1) is 39.9. The Morgan fingerprint density at radius 1 is 1.08 bits per heavy atom. The van der Waals surface area contributed by atoms with Crippen LogP contribution in [0, 0.1) is 5.92 Å². The van der Waals surface area contributed by atoms with Crippen LogP contribution >= 0.6 is 0 Å². The van der Waals surface area contributed by atoms with Gasteiger partial charge >= 0.3 is 5.97 Å². The van der Waals surface area contributed by atoms with Crippen LogP contribution in [-0.2, 0) is 35.9 Å². The number of hydrogen-bond donors (Lipinski definition) is 4. The van der Waals surface area contributed by atoms with E-state index in [-0.39, 0.29) is 56.4 Å². The van der Waals surface area contributed by atoms with Crippen LogP contribution in [0.2, 0.25) is 0 Å². The van der Waals surface area contributed by atoms with Crippen molar-refractivity contribution in [3.8, 4) is 5.75 Å². The number of esters is 1. The van der Waals surface area contributed by atoms with Gasteiger partial charge in [0, 0.05) is 49.7 Å². The van der Waals surface area contributed by atoms with Crippen molar-refractivity contribution < 1.29 is 44.0 Å². The first-order valence-electron chi connectivity index (χ1n) is 18.9. The van der Waals surface area contributed by atoms with Crippen LogP contribution in [0.4, 0.5) is 17.1 Å². The number of fused-ring (bicyclic) bond motifs is 2. The molecule has 5 rings (SSSR count). The third-order valence-electron chi connectivity index (χ3n) is 10.6. The third kappa shape index (κ3) is 8.59. The van der Waals surface area contributed by atoms with Gasteiger partial charge in [-0.05, 0) is 100 Å². The fraction of sp³-hybridized carbons (Fsp3) is 0.550. The number of carbonyl (C=O) groups is 4. The number of ether oxygens (including phenoxy) is 2. The van der Waals surface area contributed by atoms with E-state index in [1.165, 1.54) is 12.0 Å². The van der Waals surface area contributed by atoms with Crippen LogP contribution < -0.4 is 19.9 Å². The van der Waals surface area contributed by atoms with Crippen molar-refractivity contribution in [3.63, 3.8) is 0 Å². The zero-order chi connectivity index (χ0) is 38.1. The summed E-state index contributed by atoms with van der Waals surface area (Å²) in [4.78, 5) is 58.1. The van der Waals surface area contributed by atoms with Gasteiger partial charge in [0.25, 0.3) is 5.91 Å². The smallest absolute Gasteiger partial charge is 0.305 e. The highest BCUT2D eigenvalue weighted by atomic mass is 16.5. The summed E-state index contributed by atoms with van der Waals surface area (Å²) in [6.45, 7) is 5.48. The molecule has 0 saturated carbocycles. The number of unbranched alkanes of at least 4 members (excludes halogenated alkanes) is 2. The second-order valence-corrected chi connectivity index (χ2v) is 14.0. The highest BCUT2D eigenvalue weighted by Crippen LogP contribution is 2.48. The van der Waals surface area contributed by atoms with E-state index in [4.69, 9.17) is 9.47 Å². The molecule has 1 saturated heterocycles. The monoisotopic (exact) mass is 734 g/mol. The summed E-state index contributed by atoms with van der Waals surface area (Å²) < 4.78 is 10.5. The molecule has 0 spiro atoms. The highest BCUT2D eigenvalue weighted by molar-refractivity contribution is 6.10. The molecule has 288 valence electrons. The second kappa shape index (κ2) is 18.2. The third-order valence-corrected chi connectivity index (χ3v) is 10.6. The van der Waals surface area contributed by atoms with E-state index in [0.717, 1.165) is 18.4 Å². The minimum absolute atomic E-state index is 0.0603. The highest BCUT2D eigenvalue weighted by Gasteiger charge is 2.53. The van der Waals surface area contributed by atoms with Gasteiger partial charge in [-0.15, -0.1) is 0 Å². The number of hydrogen-bond acceptors (Lipinski definition) is 10. The van der Waals surface area contributed by atoms with Crippen LogP contribution in [0.25, 0.3) is 0 Å². The maximum Gasteiger partial charge on any atom is 0.305 e. The maximum atomic E-state index is 14.3. The molecule has 0 bridgehead atoms. The lowest BCUT2D eigenvalue weighted by molar-refractivity contribution is -0.140. The molecule has 53 heavy (non-hydrogen) atoms. The zero-order valence-corrected chi connectivity index (χ0v) is 31.1. The Kier molecular flexibility index (Phi) is 13.7. The van der Waals surface area contributed by atoms with Gasteiger partial charge < -0.3 is 39.9 Å². The standard InChI is InChI=1S/C40H54N4O9/c1-4-53-31-16-18-34-28(23-31)24-33(41-19-6-8-22-45)38(49)44(34)29-15-17-35-32(25-29)40(51,39(50)43(35)20-7-5-14-37(48)52-3)27(2)11-9-13-36(47)42-21-10-12-30(42)26-46/h9,11,15-18,23,25,27,30,33,41,45-46,51H,4-8,10,12-14,19-22,24,26H2,1-3H3/b11-9+/t27-,30+,33?,40+/m1/s1. The molecule has 4 atom stereocenters. The number of carbonyl (C=O) groups excluding carboxylic acids is 4. The van der Waals surface area contributed by atoms with Crippen molar-refractivity contribution in [3.05, 3.63) is 59.7 Å². The van der Waals surface area contributed by atoms with Crippen molar-refractivity contribution >= 4 is 40.8 Å². The predicted octanol–water partition coefficient (Wildman–Crippen LogP) is 3.48. The van der Waals surface area contributed by atoms with E-state index in [1.807, 2.05) is 25.1 Å². The lowest BCUT2D eigenvalue weighted by Crippen LogP contribution is -2.49. The minimum Gasteiger partial charge on any atom is -0.494 e. The van der Waals surface area contributed by atoms with Gasteiger partial charge in [-0.25, -0.2) is 0 Å².